The SMILES string of the molecule is Cc1ccc(S(=O)(=O)N(CCc2ccccc2)c2nnc(S(N)(=O)=O)s2)cc1. The van der Waals surface area contributed by atoms with Crippen LogP contribution in [0.5, 0.6) is 0 Å². The highest BCUT2D eigenvalue weighted by Crippen LogP contribution is 2.28. The number of nitrogens with zero attached hydrogens (tertiary/aromatic N) is 3. The molecule has 0 saturated heterocycles. The normalized spacial score (nSPS) is 12.1. The minimum atomic E-state index is -4.07. The summed E-state index contributed by atoms with van der Waals surface area (Å²) in [4.78, 5) is 0.0820. The van der Waals surface area contributed by atoms with E-state index in [1.54, 1.807) is 12.1 Å². The zero-order chi connectivity index (χ0) is 20.4. The zero-order valence-corrected chi connectivity index (χ0v) is 17.3. The molecule has 0 unspecified atom stereocenters. The number of aryl methyl sites for hydroxylation is 1. The standard InChI is InChI=1S/C17H18N4O4S3/c1-13-7-9-15(10-8-13)28(24,25)21(12-11-14-5-3-2-4-6-14)16-19-20-17(26-16)27(18,22)23/h2-10H,11-12H2,1H3,(H2,18,22,23). The highest BCUT2D eigenvalue weighted by Gasteiger charge is 2.29. The maximum Gasteiger partial charge on any atom is 0.267 e. The van der Waals surface area contributed by atoms with Gasteiger partial charge in [0.1, 0.15) is 0 Å². The Bertz CT molecular complexity index is 1160. The van der Waals surface area contributed by atoms with Crippen LogP contribution in [0, 0.1) is 6.92 Å². The van der Waals surface area contributed by atoms with Crippen LogP contribution in [-0.4, -0.2) is 33.6 Å². The fourth-order valence-electron chi connectivity index (χ4n) is 2.45. The van der Waals surface area contributed by atoms with Gasteiger partial charge in [-0.05, 0) is 31.0 Å². The van der Waals surface area contributed by atoms with Crippen LogP contribution in [0.4, 0.5) is 5.13 Å². The van der Waals surface area contributed by atoms with Crippen LogP contribution in [0.15, 0.2) is 63.8 Å². The third kappa shape index (κ3) is 4.55. The number of rotatable bonds is 7. The molecule has 0 bridgehead atoms. The van der Waals surface area contributed by atoms with Gasteiger partial charge in [-0.1, -0.05) is 59.4 Å². The van der Waals surface area contributed by atoms with Gasteiger partial charge in [0.05, 0.1) is 4.90 Å². The summed E-state index contributed by atoms with van der Waals surface area (Å²) in [5.41, 5.74) is 1.85. The molecular weight excluding hydrogens is 420 g/mol. The largest absolute Gasteiger partial charge is 0.267 e. The zero-order valence-electron chi connectivity index (χ0n) is 14.9. The first-order valence-corrected chi connectivity index (χ1v) is 12.0. The molecule has 28 heavy (non-hydrogen) atoms. The van der Waals surface area contributed by atoms with Crippen LogP contribution in [0.3, 0.4) is 0 Å². The number of sulfonamides is 2. The Labute approximate surface area is 167 Å². The van der Waals surface area contributed by atoms with Crippen LogP contribution >= 0.6 is 11.3 Å². The molecule has 2 N–H and O–H groups in total. The molecule has 148 valence electrons. The molecular formula is C17H18N4O4S3. The molecule has 0 aliphatic heterocycles. The monoisotopic (exact) mass is 438 g/mol. The van der Waals surface area contributed by atoms with Crippen molar-refractivity contribution < 1.29 is 16.8 Å². The number of anilines is 1. The summed E-state index contributed by atoms with van der Waals surface area (Å²) in [5, 5.41) is 12.3. The van der Waals surface area contributed by atoms with Crippen molar-refractivity contribution in [1.29, 1.82) is 0 Å². The first-order valence-electron chi connectivity index (χ1n) is 8.17. The maximum atomic E-state index is 13.2. The lowest BCUT2D eigenvalue weighted by Crippen LogP contribution is -2.33. The molecule has 0 spiro atoms. The second-order valence-corrected chi connectivity index (χ2v) is 10.6. The number of nitrogens with two attached hydrogens (primary N) is 1. The maximum absolute atomic E-state index is 13.2. The van der Waals surface area contributed by atoms with E-state index in [4.69, 9.17) is 5.14 Å². The lowest BCUT2D eigenvalue weighted by molar-refractivity contribution is 0.590. The summed E-state index contributed by atoms with van der Waals surface area (Å²) < 4.78 is 50.1. The van der Waals surface area contributed by atoms with Gasteiger partial charge in [0.15, 0.2) is 0 Å². The van der Waals surface area contributed by atoms with E-state index in [9.17, 15) is 16.8 Å². The number of primary sulfonamides is 1. The Balaban J connectivity index is 2.00. The molecule has 0 aliphatic carbocycles. The molecule has 11 heteroatoms. The van der Waals surface area contributed by atoms with Crippen molar-refractivity contribution >= 4 is 36.5 Å². The van der Waals surface area contributed by atoms with E-state index in [1.807, 2.05) is 37.3 Å². The lowest BCUT2D eigenvalue weighted by Gasteiger charge is -2.21. The van der Waals surface area contributed by atoms with Crippen LogP contribution in [0.2, 0.25) is 0 Å². The molecule has 3 aromatic rings. The molecule has 0 aliphatic rings. The third-order valence-electron chi connectivity index (χ3n) is 3.91. The average molecular weight is 439 g/mol. The van der Waals surface area contributed by atoms with Crippen LogP contribution in [0.25, 0.3) is 0 Å². The minimum Gasteiger partial charge on any atom is -0.239 e. The summed E-state index contributed by atoms with van der Waals surface area (Å²) in [7, 11) is -8.04. The number of benzene rings is 2. The predicted octanol–water partition coefficient (Wildman–Crippen LogP) is 1.93. The Morgan fingerprint density at radius 1 is 0.964 bits per heavy atom. The van der Waals surface area contributed by atoms with Crippen molar-refractivity contribution in [2.75, 3.05) is 10.8 Å². The van der Waals surface area contributed by atoms with Crippen molar-refractivity contribution in [1.82, 2.24) is 10.2 Å². The van der Waals surface area contributed by atoms with Gasteiger partial charge in [-0.3, -0.25) is 0 Å². The average Bonchev–Trinajstić information content (AvgIpc) is 3.13. The Hall–Kier alpha value is -2.34. The Morgan fingerprint density at radius 2 is 1.61 bits per heavy atom. The summed E-state index contributed by atoms with van der Waals surface area (Å²) >= 11 is 0.619. The summed E-state index contributed by atoms with van der Waals surface area (Å²) in [6.07, 6.45) is 0.413. The van der Waals surface area contributed by atoms with E-state index in [-0.39, 0.29) is 16.6 Å². The van der Waals surface area contributed by atoms with Gasteiger partial charge in [-0.15, -0.1) is 10.2 Å². The van der Waals surface area contributed by atoms with Crippen molar-refractivity contribution in [3.8, 4) is 0 Å². The van der Waals surface area contributed by atoms with Crippen LogP contribution in [-0.2, 0) is 26.5 Å². The number of hydrogen-bond donors (Lipinski definition) is 1. The van der Waals surface area contributed by atoms with Gasteiger partial charge in [-0.2, -0.15) is 0 Å². The first-order chi connectivity index (χ1) is 13.2. The highest BCUT2D eigenvalue weighted by molar-refractivity contribution is 7.93. The van der Waals surface area contributed by atoms with Gasteiger partial charge in [0.25, 0.3) is 20.0 Å². The second kappa shape index (κ2) is 7.95. The fraction of sp³-hybridized carbons (Fsp3) is 0.176. The van der Waals surface area contributed by atoms with Crippen molar-refractivity contribution in [2.45, 2.75) is 22.6 Å². The fourth-order valence-corrected chi connectivity index (χ4v) is 5.52. The van der Waals surface area contributed by atoms with E-state index >= 15 is 0 Å². The molecule has 0 saturated carbocycles. The van der Waals surface area contributed by atoms with E-state index < -0.39 is 24.4 Å². The third-order valence-corrected chi connectivity index (χ3v) is 8.08. The smallest absolute Gasteiger partial charge is 0.239 e. The van der Waals surface area contributed by atoms with E-state index in [1.165, 1.54) is 12.1 Å². The molecule has 2 aromatic carbocycles. The van der Waals surface area contributed by atoms with Crippen molar-refractivity contribution in [3.63, 3.8) is 0 Å². The van der Waals surface area contributed by atoms with Gasteiger partial charge in [0.2, 0.25) is 9.47 Å². The van der Waals surface area contributed by atoms with Gasteiger partial charge < -0.3 is 0 Å². The molecule has 1 aromatic heterocycles. The highest BCUT2D eigenvalue weighted by atomic mass is 32.2. The van der Waals surface area contributed by atoms with Crippen LogP contribution in [0.1, 0.15) is 11.1 Å². The Kier molecular flexibility index (Phi) is 5.79. The van der Waals surface area contributed by atoms with Gasteiger partial charge in [0, 0.05) is 6.54 Å². The Morgan fingerprint density at radius 3 is 2.18 bits per heavy atom. The predicted molar refractivity (Wildman–Crippen MR) is 107 cm³/mol. The van der Waals surface area contributed by atoms with Gasteiger partial charge >= 0.3 is 0 Å². The second-order valence-electron chi connectivity index (χ2n) is 6.02. The minimum absolute atomic E-state index is 0.0551. The molecule has 0 amide bonds. The lowest BCUT2D eigenvalue weighted by atomic mass is 10.1. The molecule has 0 radical (unpaired) electrons. The summed E-state index contributed by atoms with van der Waals surface area (Å²) in [5.74, 6) is 0. The molecule has 8 nitrogen and oxygen atoms in total. The summed E-state index contributed by atoms with van der Waals surface area (Å²) in [6.45, 7) is 1.92. The quantitative estimate of drug-likeness (QED) is 0.601. The van der Waals surface area contributed by atoms with E-state index in [0.717, 1.165) is 15.4 Å². The van der Waals surface area contributed by atoms with Crippen molar-refractivity contribution in [2.24, 2.45) is 5.14 Å². The topological polar surface area (TPSA) is 123 Å². The van der Waals surface area contributed by atoms with Crippen LogP contribution < -0.4 is 9.44 Å². The number of hydrogen-bond acceptors (Lipinski definition) is 7. The molecule has 0 fully saturated rings. The van der Waals surface area contributed by atoms with Crippen molar-refractivity contribution in [3.05, 3.63) is 65.7 Å². The van der Waals surface area contributed by atoms with E-state index in [0.29, 0.717) is 17.8 Å². The first kappa shape index (κ1) is 20.4. The van der Waals surface area contributed by atoms with E-state index in [2.05, 4.69) is 10.2 Å². The molecule has 0 atom stereocenters. The molecule has 3 rings (SSSR count). The summed E-state index contributed by atoms with van der Waals surface area (Å²) in [6, 6.07) is 15.7. The van der Waals surface area contributed by atoms with Gasteiger partial charge in [-0.25, -0.2) is 26.3 Å². The molecule has 1 heterocycles. The number of aromatic nitrogens is 2.